The van der Waals surface area contributed by atoms with Crippen molar-refractivity contribution in [2.45, 2.75) is 33.1 Å². The van der Waals surface area contributed by atoms with Gasteiger partial charge < -0.3 is 5.43 Å². The van der Waals surface area contributed by atoms with Gasteiger partial charge in [0.25, 0.3) is 0 Å². The zero-order chi connectivity index (χ0) is 10.1. The number of nitrogens with two attached hydrogens (primary N) is 1. The highest BCUT2D eigenvalue weighted by molar-refractivity contribution is 5.51. The molecule has 0 aliphatic rings. The minimum Gasteiger partial charge on any atom is -0.324 e. The molecule has 1 rings (SSSR count). The lowest BCUT2D eigenvalue weighted by molar-refractivity contribution is 0.590. The van der Waals surface area contributed by atoms with Crippen LogP contribution in [0.3, 0.4) is 0 Å². The van der Waals surface area contributed by atoms with Crippen LogP contribution >= 0.6 is 0 Å². The summed E-state index contributed by atoms with van der Waals surface area (Å²) < 4.78 is 0. The Morgan fingerprint density at radius 1 is 1.23 bits per heavy atom. The lowest BCUT2D eigenvalue weighted by atomic mass is 9.86. The van der Waals surface area contributed by atoms with E-state index in [2.05, 4.69) is 45.3 Å². The third-order valence-corrected chi connectivity index (χ3v) is 2.25. The number of hydrogen-bond acceptors (Lipinski definition) is 2. The zero-order valence-electron chi connectivity index (χ0n) is 8.81. The highest BCUT2D eigenvalue weighted by Crippen LogP contribution is 2.25. The van der Waals surface area contributed by atoms with Crippen LogP contribution in [0, 0.1) is 6.92 Å². The minimum atomic E-state index is 0.206. The SMILES string of the molecule is Cc1cc(C(C)(C)C)ccc1NN. The fourth-order valence-electron chi connectivity index (χ4n) is 1.29. The third-order valence-electron chi connectivity index (χ3n) is 2.25. The van der Waals surface area contributed by atoms with Crippen molar-refractivity contribution in [3.8, 4) is 0 Å². The van der Waals surface area contributed by atoms with Crippen molar-refractivity contribution >= 4 is 5.69 Å². The summed E-state index contributed by atoms with van der Waals surface area (Å²) in [4.78, 5) is 0. The molecular weight excluding hydrogens is 160 g/mol. The summed E-state index contributed by atoms with van der Waals surface area (Å²) in [6.07, 6.45) is 0. The van der Waals surface area contributed by atoms with Crippen LogP contribution in [0.25, 0.3) is 0 Å². The number of hydrogen-bond donors (Lipinski definition) is 2. The van der Waals surface area contributed by atoms with Gasteiger partial charge in [-0.25, -0.2) is 0 Å². The molecule has 13 heavy (non-hydrogen) atoms. The van der Waals surface area contributed by atoms with Gasteiger partial charge in [-0.05, 0) is 29.5 Å². The van der Waals surface area contributed by atoms with E-state index in [1.807, 2.05) is 6.07 Å². The highest BCUT2D eigenvalue weighted by Gasteiger charge is 2.13. The molecule has 0 aromatic heterocycles. The Kier molecular flexibility index (Phi) is 2.62. The van der Waals surface area contributed by atoms with Crippen LogP contribution in [0.5, 0.6) is 0 Å². The average molecular weight is 178 g/mol. The normalized spacial score (nSPS) is 11.5. The van der Waals surface area contributed by atoms with E-state index in [1.54, 1.807) is 0 Å². The first-order chi connectivity index (χ1) is 5.95. The fourth-order valence-corrected chi connectivity index (χ4v) is 1.29. The van der Waals surface area contributed by atoms with Gasteiger partial charge in [0.2, 0.25) is 0 Å². The molecule has 2 nitrogen and oxygen atoms in total. The number of anilines is 1. The van der Waals surface area contributed by atoms with E-state index < -0.39 is 0 Å². The third kappa shape index (κ3) is 2.22. The van der Waals surface area contributed by atoms with Crippen molar-refractivity contribution in [1.29, 1.82) is 0 Å². The van der Waals surface area contributed by atoms with E-state index in [4.69, 9.17) is 5.84 Å². The van der Waals surface area contributed by atoms with Crippen molar-refractivity contribution in [2.75, 3.05) is 5.43 Å². The zero-order valence-corrected chi connectivity index (χ0v) is 8.81. The molecule has 2 heteroatoms. The number of hydrazine groups is 1. The van der Waals surface area contributed by atoms with Gasteiger partial charge in [0.1, 0.15) is 0 Å². The van der Waals surface area contributed by atoms with Crippen LogP contribution in [-0.4, -0.2) is 0 Å². The van der Waals surface area contributed by atoms with Gasteiger partial charge in [-0.2, -0.15) is 0 Å². The van der Waals surface area contributed by atoms with E-state index in [1.165, 1.54) is 11.1 Å². The maximum Gasteiger partial charge on any atom is 0.0514 e. The minimum absolute atomic E-state index is 0.206. The molecule has 0 heterocycles. The molecule has 0 saturated heterocycles. The summed E-state index contributed by atoms with van der Waals surface area (Å²) in [5, 5.41) is 0. The number of nitrogens with one attached hydrogen (secondary N) is 1. The molecule has 1 aromatic rings. The van der Waals surface area contributed by atoms with Crippen LogP contribution in [0.1, 0.15) is 31.9 Å². The van der Waals surface area contributed by atoms with Crippen LogP contribution in [-0.2, 0) is 5.41 Å². The van der Waals surface area contributed by atoms with Crippen molar-refractivity contribution in [3.05, 3.63) is 29.3 Å². The Bertz CT molecular complexity index is 297. The first kappa shape index (κ1) is 10.1. The van der Waals surface area contributed by atoms with E-state index in [0.717, 1.165) is 5.69 Å². The summed E-state index contributed by atoms with van der Waals surface area (Å²) in [6.45, 7) is 8.68. The maximum absolute atomic E-state index is 5.36. The van der Waals surface area contributed by atoms with E-state index in [-0.39, 0.29) is 5.41 Å². The van der Waals surface area contributed by atoms with E-state index in [9.17, 15) is 0 Å². The monoisotopic (exact) mass is 178 g/mol. The number of aryl methyl sites for hydroxylation is 1. The molecule has 0 spiro atoms. The molecule has 72 valence electrons. The molecule has 0 unspecified atom stereocenters. The van der Waals surface area contributed by atoms with Gasteiger partial charge in [0, 0.05) is 0 Å². The summed E-state index contributed by atoms with van der Waals surface area (Å²) in [7, 11) is 0. The van der Waals surface area contributed by atoms with Crippen LogP contribution < -0.4 is 11.3 Å². The Labute approximate surface area is 80.1 Å². The van der Waals surface area contributed by atoms with Crippen LogP contribution in [0.15, 0.2) is 18.2 Å². The molecule has 0 atom stereocenters. The van der Waals surface area contributed by atoms with Gasteiger partial charge >= 0.3 is 0 Å². The molecule has 0 saturated carbocycles. The Balaban J connectivity index is 3.10. The Morgan fingerprint density at radius 3 is 2.23 bits per heavy atom. The molecule has 0 aliphatic carbocycles. The lowest BCUT2D eigenvalue weighted by Gasteiger charge is -2.20. The lowest BCUT2D eigenvalue weighted by Crippen LogP contribution is -2.13. The smallest absolute Gasteiger partial charge is 0.0514 e. The molecule has 0 fully saturated rings. The van der Waals surface area contributed by atoms with Crippen LogP contribution in [0.2, 0.25) is 0 Å². The van der Waals surface area contributed by atoms with Gasteiger partial charge in [0.05, 0.1) is 5.69 Å². The fraction of sp³-hybridized carbons (Fsp3) is 0.455. The number of rotatable bonds is 1. The first-order valence-corrected chi connectivity index (χ1v) is 4.53. The second kappa shape index (κ2) is 3.38. The average Bonchev–Trinajstić information content (AvgIpc) is 2.02. The van der Waals surface area contributed by atoms with Gasteiger partial charge in [-0.1, -0.05) is 32.9 Å². The Morgan fingerprint density at radius 2 is 1.85 bits per heavy atom. The molecule has 0 amide bonds. The van der Waals surface area contributed by atoms with Crippen molar-refractivity contribution in [2.24, 2.45) is 5.84 Å². The highest BCUT2D eigenvalue weighted by atomic mass is 15.2. The van der Waals surface area contributed by atoms with Crippen molar-refractivity contribution in [3.63, 3.8) is 0 Å². The van der Waals surface area contributed by atoms with E-state index >= 15 is 0 Å². The number of benzene rings is 1. The molecule has 0 bridgehead atoms. The second-order valence-electron chi connectivity index (χ2n) is 4.42. The van der Waals surface area contributed by atoms with Gasteiger partial charge in [0.15, 0.2) is 0 Å². The quantitative estimate of drug-likeness (QED) is 0.512. The summed E-state index contributed by atoms with van der Waals surface area (Å²) in [5.74, 6) is 5.36. The van der Waals surface area contributed by atoms with Gasteiger partial charge in [-0.3, -0.25) is 5.84 Å². The molecule has 1 aromatic carbocycles. The number of nitrogen functional groups attached to an aromatic ring is 1. The first-order valence-electron chi connectivity index (χ1n) is 4.53. The summed E-state index contributed by atoms with van der Waals surface area (Å²) in [6, 6.07) is 6.31. The summed E-state index contributed by atoms with van der Waals surface area (Å²) in [5.41, 5.74) is 6.40. The largest absolute Gasteiger partial charge is 0.324 e. The van der Waals surface area contributed by atoms with Gasteiger partial charge in [-0.15, -0.1) is 0 Å². The topological polar surface area (TPSA) is 38.0 Å². The Hall–Kier alpha value is -1.02. The molecule has 0 aliphatic heterocycles. The molecular formula is C11H18N2. The second-order valence-corrected chi connectivity index (χ2v) is 4.42. The maximum atomic E-state index is 5.36. The summed E-state index contributed by atoms with van der Waals surface area (Å²) >= 11 is 0. The van der Waals surface area contributed by atoms with Crippen molar-refractivity contribution in [1.82, 2.24) is 0 Å². The van der Waals surface area contributed by atoms with Crippen molar-refractivity contribution < 1.29 is 0 Å². The van der Waals surface area contributed by atoms with Crippen LogP contribution in [0.4, 0.5) is 5.69 Å². The molecule has 0 radical (unpaired) electrons. The molecule has 3 N–H and O–H groups in total. The standard InChI is InChI=1S/C11H18N2/c1-8-7-9(11(2,3)4)5-6-10(8)13-12/h5-7,13H,12H2,1-4H3. The van der Waals surface area contributed by atoms with E-state index in [0.29, 0.717) is 0 Å². The predicted molar refractivity (Wildman–Crippen MR) is 57.7 cm³/mol. The predicted octanol–water partition coefficient (Wildman–Crippen LogP) is 2.58.